The number of hydrogen-bond acceptors (Lipinski definition) is 8. The standard InChI is InChI=1S/C34H39ClF2N6O3/c1-21(36)32(44)43-16-15-41(18-22(43)9-13-38)31-26-8-12-34(11-7-25-27(34)5-2-6-28(25)35)30(37)29(26)39-33(40-31)46-20-23-4-3-14-42(23)24-10-17-45-19-24/h2,5-6,22-24,30H,1,3-4,7-12,14-20H2/t22-,23-,24?,30-,34+/m0/s1. The van der Waals surface area contributed by atoms with E-state index in [1.165, 1.54) is 4.90 Å². The first kappa shape index (κ1) is 31.3. The summed E-state index contributed by atoms with van der Waals surface area (Å²) < 4.78 is 43.0. The van der Waals surface area contributed by atoms with Crippen molar-refractivity contribution in [2.24, 2.45) is 0 Å². The third-order valence-electron chi connectivity index (χ3n) is 10.8. The number of amides is 1. The van der Waals surface area contributed by atoms with E-state index in [9.17, 15) is 14.4 Å². The van der Waals surface area contributed by atoms with Crippen LogP contribution < -0.4 is 9.64 Å². The van der Waals surface area contributed by atoms with Crippen molar-refractivity contribution < 1.29 is 23.0 Å². The van der Waals surface area contributed by atoms with E-state index in [1.54, 1.807) is 0 Å². The summed E-state index contributed by atoms with van der Waals surface area (Å²) in [6.45, 7) is 6.79. The van der Waals surface area contributed by atoms with E-state index in [1.807, 2.05) is 23.1 Å². The number of rotatable bonds is 7. The number of fused-ring (bicyclic) bond motifs is 3. The molecule has 9 nitrogen and oxygen atoms in total. The maximum absolute atomic E-state index is 17.2. The fourth-order valence-electron chi connectivity index (χ4n) is 8.49. The van der Waals surface area contributed by atoms with Crippen molar-refractivity contribution in [3.63, 3.8) is 0 Å². The van der Waals surface area contributed by atoms with Crippen molar-refractivity contribution in [1.82, 2.24) is 19.8 Å². The number of nitrogens with zero attached hydrogens (tertiary/aromatic N) is 6. The van der Waals surface area contributed by atoms with E-state index in [0.29, 0.717) is 61.4 Å². The van der Waals surface area contributed by atoms with Gasteiger partial charge in [-0.15, -0.1) is 0 Å². The third-order valence-corrected chi connectivity index (χ3v) is 11.2. The van der Waals surface area contributed by atoms with Crippen LogP contribution in [0.5, 0.6) is 6.01 Å². The Kier molecular flexibility index (Phi) is 8.64. The molecule has 0 radical (unpaired) electrons. The predicted octanol–water partition coefficient (Wildman–Crippen LogP) is 5.02. The number of halogens is 3. The van der Waals surface area contributed by atoms with Gasteiger partial charge >= 0.3 is 6.01 Å². The lowest BCUT2D eigenvalue weighted by Gasteiger charge is -2.43. The lowest BCUT2D eigenvalue weighted by molar-refractivity contribution is -0.131. The summed E-state index contributed by atoms with van der Waals surface area (Å²) >= 11 is 6.56. The number of piperazine rings is 1. The molecule has 4 heterocycles. The molecule has 1 aromatic heterocycles. The van der Waals surface area contributed by atoms with Gasteiger partial charge in [0.1, 0.15) is 12.4 Å². The highest BCUT2D eigenvalue weighted by atomic mass is 35.5. The van der Waals surface area contributed by atoms with E-state index >= 15 is 4.39 Å². The Hall–Kier alpha value is -3.33. The second-order valence-electron chi connectivity index (χ2n) is 13.2. The Balaban J connectivity index is 1.22. The third kappa shape index (κ3) is 5.42. The van der Waals surface area contributed by atoms with Crippen LogP contribution in [0.15, 0.2) is 30.6 Å². The number of aromatic nitrogens is 2. The summed E-state index contributed by atoms with van der Waals surface area (Å²) in [7, 11) is 0. The summed E-state index contributed by atoms with van der Waals surface area (Å²) in [6, 6.07) is 7.98. The molecule has 5 atom stereocenters. The Bertz CT molecular complexity index is 1560. The molecule has 5 aliphatic rings. The molecule has 0 saturated carbocycles. The number of carbonyl (C=O) groups is 1. The van der Waals surface area contributed by atoms with Gasteiger partial charge in [0, 0.05) is 54.3 Å². The maximum atomic E-state index is 17.2. The number of benzene rings is 1. The van der Waals surface area contributed by atoms with Gasteiger partial charge in [-0.05, 0) is 68.7 Å². The first-order valence-electron chi connectivity index (χ1n) is 16.4. The van der Waals surface area contributed by atoms with E-state index in [0.717, 1.165) is 55.7 Å². The molecule has 0 bridgehead atoms. The number of hydrogen-bond donors (Lipinski definition) is 0. The van der Waals surface area contributed by atoms with Gasteiger partial charge in [-0.25, -0.2) is 8.78 Å². The molecular formula is C34H39ClF2N6O3. The van der Waals surface area contributed by atoms with Crippen LogP contribution in [0.4, 0.5) is 14.6 Å². The minimum atomic E-state index is -1.40. The summed E-state index contributed by atoms with van der Waals surface area (Å²) in [6.07, 6.45) is 4.17. The molecule has 0 N–H and O–H groups in total. The number of alkyl halides is 1. The molecule has 3 saturated heterocycles. The van der Waals surface area contributed by atoms with Crippen LogP contribution in [0.25, 0.3) is 0 Å². The fourth-order valence-corrected chi connectivity index (χ4v) is 8.76. The van der Waals surface area contributed by atoms with Gasteiger partial charge in [0.05, 0.1) is 30.8 Å². The molecule has 1 aromatic carbocycles. The summed E-state index contributed by atoms with van der Waals surface area (Å²) in [5.41, 5.74) is 2.27. The first-order valence-corrected chi connectivity index (χ1v) is 16.7. The zero-order valence-corrected chi connectivity index (χ0v) is 26.7. The summed E-state index contributed by atoms with van der Waals surface area (Å²) in [4.78, 5) is 28.0. The Labute approximate surface area is 273 Å². The lowest BCUT2D eigenvalue weighted by atomic mass is 9.68. The molecule has 1 amide bonds. The highest BCUT2D eigenvalue weighted by molar-refractivity contribution is 6.31. The van der Waals surface area contributed by atoms with Crippen LogP contribution in [0.1, 0.15) is 67.1 Å². The van der Waals surface area contributed by atoms with Gasteiger partial charge in [0.15, 0.2) is 12.0 Å². The zero-order valence-electron chi connectivity index (χ0n) is 25.9. The molecule has 7 rings (SSSR count). The van der Waals surface area contributed by atoms with E-state index in [-0.39, 0.29) is 31.6 Å². The Morgan fingerprint density at radius 2 is 2.00 bits per heavy atom. The normalized spacial score (nSPS) is 29.1. The molecule has 1 unspecified atom stereocenters. The van der Waals surface area contributed by atoms with Crippen molar-refractivity contribution in [2.45, 2.75) is 81.1 Å². The largest absolute Gasteiger partial charge is 0.462 e. The summed E-state index contributed by atoms with van der Waals surface area (Å²) in [5.74, 6) is -1.31. The molecule has 2 aromatic rings. The molecule has 3 aliphatic heterocycles. The van der Waals surface area contributed by atoms with Crippen LogP contribution in [-0.2, 0) is 27.8 Å². The highest BCUT2D eigenvalue weighted by Crippen LogP contribution is 2.56. The van der Waals surface area contributed by atoms with Crippen molar-refractivity contribution in [2.75, 3.05) is 50.9 Å². The highest BCUT2D eigenvalue weighted by Gasteiger charge is 2.51. The second-order valence-corrected chi connectivity index (χ2v) is 13.6. The van der Waals surface area contributed by atoms with Crippen LogP contribution in [0.3, 0.4) is 0 Å². The van der Waals surface area contributed by atoms with E-state index in [4.69, 9.17) is 31.0 Å². The smallest absolute Gasteiger partial charge is 0.318 e. The quantitative estimate of drug-likeness (QED) is 0.385. The predicted molar refractivity (Wildman–Crippen MR) is 168 cm³/mol. The zero-order chi connectivity index (χ0) is 32.0. The monoisotopic (exact) mass is 652 g/mol. The van der Waals surface area contributed by atoms with E-state index < -0.39 is 29.4 Å². The molecule has 3 fully saturated rings. The maximum Gasteiger partial charge on any atom is 0.318 e. The number of nitriles is 1. The molecule has 46 heavy (non-hydrogen) atoms. The second kappa shape index (κ2) is 12.7. The SMILES string of the molecule is C=C(F)C(=O)N1CCN(c2nc(OC[C@@H]3CCCN3C3CCOC3)nc3c2CC[C@@]2(CCc4c(Cl)cccc42)[C@H]3F)C[C@@H]1CC#N. The molecule has 12 heteroatoms. The molecule has 2 aliphatic carbocycles. The van der Waals surface area contributed by atoms with Crippen LogP contribution in [-0.4, -0.2) is 89.8 Å². The van der Waals surface area contributed by atoms with Gasteiger partial charge < -0.3 is 19.3 Å². The van der Waals surface area contributed by atoms with Crippen LogP contribution in [0, 0.1) is 11.3 Å². The van der Waals surface area contributed by atoms with Gasteiger partial charge in [-0.1, -0.05) is 30.3 Å². The fraction of sp³-hybridized carbons (Fsp3) is 0.588. The molecule has 1 spiro atoms. The summed E-state index contributed by atoms with van der Waals surface area (Å²) in [5, 5.41) is 10.2. The van der Waals surface area contributed by atoms with Crippen LogP contribution >= 0.6 is 11.6 Å². The number of anilines is 1. The van der Waals surface area contributed by atoms with Gasteiger partial charge in [-0.2, -0.15) is 15.2 Å². The lowest BCUT2D eigenvalue weighted by Crippen LogP contribution is -2.55. The van der Waals surface area contributed by atoms with E-state index in [2.05, 4.69) is 17.5 Å². The van der Waals surface area contributed by atoms with Crippen molar-refractivity contribution >= 4 is 23.3 Å². The first-order chi connectivity index (χ1) is 22.3. The number of carbonyl (C=O) groups excluding carboxylic acids is 1. The minimum absolute atomic E-state index is 0.0148. The van der Waals surface area contributed by atoms with Crippen molar-refractivity contribution in [3.8, 4) is 12.1 Å². The van der Waals surface area contributed by atoms with Crippen LogP contribution in [0.2, 0.25) is 5.02 Å². The topological polar surface area (TPSA) is 94.8 Å². The Morgan fingerprint density at radius 1 is 1.17 bits per heavy atom. The van der Waals surface area contributed by atoms with Gasteiger partial charge in [0.2, 0.25) is 0 Å². The Morgan fingerprint density at radius 3 is 2.76 bits per heavy atom. The molecular weight excluding hydrogens is 614 g/mol. The minimum Gasteiger partial charge on any atom is -0.462 e. The van der Waals surface area contributed by atoms with Crippen molar-refractivity contribution in [1.29, 1.82) is 5.26 Å². The average Bonchev–Trinajstić information content (AvgIpc) is 3.83. The van der Waals surface area contributed by atoms with Gasteiger partial charge in [0.25, 0.3) is 5.91 Å². The van der Waals surface area contributed by atoms with Gasteiger partial charge in [-0.3, -0.25) is 9.69 Å². The molecule has 244 valence electrons. The average molecular weight is 653 g/mol. The van der Waals surface area contributed by atoms with Crippen molar-refractivity contribution in [3.05, 3.63) is 58.0 Å². The number of likely N-dealkylation sites (tertiary alicyclic amines) is 1. The number of ether oxygens (including phenoxy) is 2.